The van der Waals surface area contributed by atoms with E-state index < -0.39 is 0 Å². The highest BCUT2D eigenvalue weighted by Crippen LogP contribution is 2.24. The molecule has 0 amide bonds. The standard InChI is InChI=1S/C14H11N3O2/c15-17-16-13-6-7-14(12(8-13)9-18)19-10-11-4-2-1-3-5-11/h1-9H,10H2. The maximum Gasteiger partial charge on any atom is 0.153 e. The number of carbonyl (C=O) groups excluding carboxylic acids is 1. The van der Waals surface area contributed by atoms with E-state index in [1.165, 1.54) is 6.07 Å². The third-order valence-corrected chi connectivity index (χ3v) is 2.52. The van der Waals surface area contributed by atoms with Gasteiger partial charge in [0, 0.05) is 10.6 Å². The highest BCUT2D eigenvalue weighted by molar-refractivity contribution is 5.81. The van der Waals surface area contributed by atoms with Crippen molar-refractivity contribution in [1.29, 1.82) is 0 Å². The smallest absolute Gasteiger partial charge is 0.153 e. The molecule has 0 atom stereocenters. The van der Waals surface area contributed by atoms with Crippen LogP contribution in [-0.4, -0.2) is 6.29 Å². The molecule has 5 heteroatoms. The Morgan fingerprint density at radius 2 is 2.00 bits per heavy atom. The van der Waals surface area contributed by atoms with Gasteiger partial charge in [0.05, 0.1) is 5.56 Å². The molecule has 0 aliphatic rings. The molecule has 0 radical (unpaired) electrons. The van der Waals surface area contributed by atoms with Gasteiger partial charge in [-0.25, -0.2) is 0 Å². The Labute approximate surface area is 110 Å². The molecule has 0 bridgehead atoms. The zero-order chi connectivity index (χ0) is 13.5. The first-order valence-electron chi connectivity index (χ1n) is 5.64. The SMILES string of the molecule is [N-]=[N+]=Nc1ccc(OCc2ccccc2)c(C=O)c1. The van der Waals surface area contributed by atoms with Crippen LogP contribution >= 0.6 is 0 Å². The number of carbonyl (C=O) groups is 1. The Balaban J connectivity index is 2.16. The molecule has 5 nitrogen and oxygen atoms in total. The quantitative estimate of drug-likeness (QED) is 0.349. The molecule has 0 spiro atoms. The normalized spacial score (nSPS) is 9.47. The molecular formula is C14H11N3O2. The first kappa shape index (κ1) is 12.7. The molecular weight excluding hydrogens is 242 g/mol. The summed E-state index contributed by atoms with van der Waals surface area (Å²) >= 11 is 0. The van der Waals surface area contributed by atoms with E-state index in [-0.39, 0.29) is 0 Å². The minimum absolute atomic E-state index is 0.362. The fourth-order valence-electron chi connectivity index (χ4n) is 1.61. The average molecular weight is 253 g/mol. The predicted molar refractivity (Wildman–Crippen MR) is 71.4 cm³/mol. The highest BCUT2D eigenvalue weighted by atomic mass is 16.5. The molecule has 19 heavy (non-hydrogen) atoms. The number of rotatable bonds is 5. The Hall–Kier alpha value is -2.78. The van der Waals surface area contributed by atoms with Gasteiger partial charge in [-0.05, 0) is 29.3 Å². The summed E-state index contributed by atoms with van der Waals surface area (Å²) in [6.07, 6.45) is 0.677. The van der Waals surface area contributed by atoms with E-state index in [2.05, 4.69) is 10.0 Å². The molecule has 0 unspecified atom stereocenters. The van der Waals surface area contributed by atoms with Crippen LogP contribution in [0.15, 0.2) is 53.6 Å². The summed E-state index contributed by atoms with van der Waals surface area (Å²) in [4.78, 5) is 13.7. The second kappa shape index (κ2) is 6.23. The van der Waals surface area contributed by atoms with Crippen molar-refractivity contribution in [3.8, 4) is 5.75 Å². The lowest BCUT2D eigenvalue weighted by atomic mass is 10.2. The lowest BCUT2D eigenvalue weighted by molar-refractivity contribution is 0.111. The highest BCUT2D eigenvalue weighted by Gasteiger charge is 2.04. The summed E-state index contributed by atoms with van der Waals surface area (Å²) in [5, 5.41) is 3.44. The molecule has 0 fully saturated rings. The van der Waals surface area contributed by atoms with Crippen LogP contribution in [0, 0.1) is 0 Å². The van der Waals surface area contributed by atoms with Gasteiger partial charge in [-0.15, -0.1) is 0 Å². The zero-order valence-corrected chi connectivity index (χ0v) is 10.1. The Morgan fingerprint density at radius 3 is 2.68 bits per heavy atom. The largest absolute Gasteiger partial charge is 0.488 e. The summed E-state index contributed by atoms with van der Waals surface area (Å²) < 4.78 is 5.58. The molecule has 0 heterocycles. The Kier molecular flexibility index (Phi) is 4.16. The van der Waals surface area contributed by atoms with Crippen LogP contribution in [0.3, 0.4) is 0 Å². The second-order valence-corrected chi connectivity index (χ2v) is 3.80. The molecule has 0 N–H and O–H groups in total. The van der Waals surface area contributed by atoms with Crippen molar-refractivity contribution < 1.29 is 9.53 Å². The minimum atomic E-state index is 0.362. The van der Waals surface area contributed by atoms with E-state index in [4.69, 9.17) is 10.3 Å². The molecule has 2 aromatic carbocycles. The Morgan fingerprint density at radius 1 is 1.21 bits per heavy atom. The predicted octanol–water partition coefficient (Wildman–Crippen LogP) is 4.02. The van der Waals surface area contributed by atoms with Gasteiger partial charge in [-0.2, -0.15) is 0 Å². The van der Waals surface area contributed by atoms with Crippen LogP contribution < -0.4 is 4.74 Å². The van der Waals surface area contributed by atoms with Gasteiger partial charge < -0.3 is 4.74 Å². The molecule has 2 aromatic rings. The molecule has 0 saturated carbocycles. The lowest BCUT2D eigenvalue weighted by Crippen LogP contribution is -1.97. The zero-order valence-electron chi connectivity index (χ0n) is 10.1. The first-order valence-corrected chi connectivity index (χ1v) is 5.64. The first-order chi connectivity index (χ1) is 9.33. The molecule has 94 valence electrons. The fraction of sp³-hybridized carbons (Fsp3) is 0.0714. The van der Waals surface area contributed by atoms with E-state index in [0.29, 0.717) is 29.9 Å². The topological polar surface area (TPSA) is 75.1 Å². The number of azide groups is 1. The van der Waals surface area contributed by atoms with Gasteiger partial charge in [0.2, 0.25) is 0 Å². The van der Waals surface area contributed by atoms with Gasteiger partial charge in [-0.1, -0.05) is 35.4 Å². The summed E-state index contributed by atoms with van der Waals surface area (Å²) in [5.74, 6) is 0.468. The Bertz CT molecular complexity index is 620. The summed E-state index contributed by atoms with van der Waals surface area (Å²) in [6, 6.07) is 14.4. The second-order valence-electron chi connectivity index (χ2n) is 3.80. The van der Waals surface area contributed by atoms with Gasteiger partial charge in [0.15, 0.2) is 6.29 Å². The van der Waals surface area contributed by atoms with Crippen molar-refractivity contribution in [2.24, 2.45) is 5.11 Å². The molecule has 0 saturated heterocycles. The van der Waals surface area contributed by atoms with E-state index in [9.17, 15) is 4.79 Å². The maximum atomic E-state index is 11.0. The van der Waals surface area contributed by atoms with Crippen LogP contribution in [0.5, 0.6) is 5.75 Å². The van der Waals surface area contributed by atoms with Crippen molar-refractivity contribution in [2.75, 3.05) is 0 Å². The van der Waals surface area contributed by atoms with Crippen LogP contribution in [-0.2, 0) is 6.61 Å². The fourth-order valence-corrected chi connectivity index (χ4v) is 1.61. The number of nitrogens with zero attached hydrogens (tertiary/aromatic N) is 3. The maximum absolute atomic E-state index is 11.0. The summed E-state index contributed by atoms with van der Waals surface area (Å²) in [6.45, 7) is 0.378. The van der Waals surface area contributed by atoms with Crippen LogP contribution in [0.25, 0.3) is 10.4 Å². The number of hydrogen-bond donors (Lipinski definition) is 0. The van der Waals surface area contributed by atoms with Gasteiger partial charge in [0.1, 0.15) is 12.4 Å². The van der Waals surface area contributed by atoms with Gasteiger partial charge in [-0.3, -0.25) is 4.79 Å². The third-order valence-electron chi connectivity index (χ3n) is 2.52. The third kappa shape index (κ3) is 3.34. The van der Waals surface area contributed by atoms with E-state index in [0.717, 1.165) is 5.56 Å². The monoisotopic (exact) mass is 253 g/mol. The number of benzene rings is 2. The van der Waals surface area contributed by atoms with Crippen molar-refractivity contribution in [3.05, 3.63) is 70.1 Å². The van der Waals surface area contributed by atoms with Crippen molar-refractivity contribution in [2.45, 2.75) is 6.61 Å². The lowest BCUT2D eigenvalue weighted by Gasteiger charge is -2.08. The number of ether oxygens (including phenoxy) is 1. The molecule has 2 rings (SSSR count). The minimum Gasteiger partial charge on any atom is -0.488 e. The van der Waals surface area contributed by atoms with E-state index in [1.807, 2.05) is 30.3 Å². The molecule has 0 aromatic heterocycles. The van der Waals surface area contributed by atoms with Crippen molar-refractivity contribution in [3.63, 3.8) is 0 Å². The number of hydrogen-bond acceptors (Lipinski definition) is 3. The van der Waals surface area contributed by atoms with Gasteiger partial charge >= 0.3 is 0 Å². The summed E-state index contributed by atoms with van der Waals surface area (Å²) in [7, 11) is 0. The number of aldehydes is 1. The van der Waals surface area contributed by atoms with Crippen molar-refractivity contribution in [1.82, 2.24) is 0 Å². The van der Waals surface area contributed by atoms with E-state index in [1.54, 1.807) is 12.1 Å². The average Bonchev–Trinajstić information content (AvgIpc) is 2.47. The van der Waals surface area contributed by atoms with Crippen LogP contribution in [0.2, 0.25) is 0 Å². The van der Waals surface area contributed by atoms with Crippen LogP contribution in [0.1, 0.15) is 15.9 Å². The van der Waals surface area contributed by atoms with E-state index >= 15 is 0 Å². The van der Waals surface area contributed by atoms with Crippen molar-refractivity contribution >= 4 is 12.0 Å². The van der Waals surface area contributed by atoms with Gasteiger partial charge in [0.25, 0.3) is 0 Å². The molecule has 0 aliphatic carbocycles. The summed E-state index contributed by atoms with van der Waals surface area (Å²) in [5.41, 5.74) is 10.1. The molecule has 0 aliphatic heterocycles. The van der Waals surface area contributed by atoms with Crippen LogP contribution in [0.4, 0.5) is 5.69 Å².